The van der Waals surface area contributed by atoms with Crippen LogP contribution >= 0.6 is 7.82 Å². The van der Waals surface area contributed by atoms with Crippen LogP contribution in [0.5, 0.6) is 0 Å². The summed E-state index contributed by atoms with van der Waals surface area (Å²) >= 11 is 0. The van der Waals surface area contributed by atoms with E-state index in [4.69, 9.17) is 14.3 Å². The van der Waals surface area contributed by atoms with Gasteiger partial charge in [-0.2, -0.15) is 0 Å². The van der Waals surface area contributed by atoms with Gasteiger partial charge in [0.2, 0.25) is 0 Å². The number of benzene rings is 1. The molecule has 30 heavy (non-hydrogen) atoms. The number of hydroxylamine groups is 1. The fourth-order valence-corrected chi connectivity index (χ4v) is 3.64. The van der Waals surface area contributed by atoms with Gasteiger partial charge in [0.25, 0.3) is 0 Å². The van der Waals surface area contributed by atoms with Gasteiger partial charge in [0.05, 0.1) is 13.2 Å². The number of phosphoric acid groups is 1. The molecule has 6 nitrogen and oxygen atoms in total. The third-order valence-electron chi connectivity index (χ3n) is 4.63. The van der Waals surface area contributed by atoms with Gasteiger partial charge in [0.1, 0.15) is 0 Å². The maximum atomic E-state index is 11.6. The smallest absolute Gasteiger partial charge is 0.316 e. The summed E-state index contributed by atoms with van der Waals surface area (Å²) in [5, 5.41) is 8.27. The van der Waals surface area contributed by atoms with E-state index < -0.39 is 7.82 Å². The Bertz CT molecular complexity index is 494. The van der Waals surface area contributed by atoms with E-state index in [2.05, 4.69) is 19.3 Å². The fraction of sp³-hybridized carbons (Fsp3) is 0.739. The molecule has 3 N–H and O–H groups in total. The first-order valence-electron chi connectivity index (χ1n) is 11.6. The first-order valence-corrected chi connectivity index (χ1v) is 13.1. The van der Waals surface area contributed by atoms with Gasteiger partial charge in [0, 0.05) is 6.54 Å². The fourth-order valence-electron chi connectivity index (χ4n) is 2.85. The Kier molecular flexibility index (Phi) is 20.9. The number of rotatable bonds is 18. The molecule has 0 spiro atoms. The average molecular weight is 446 g/mol. The Morgan fingerprint density at radius 2 is 1.20 bits per heavy atom. The van der Waals surface area contributed by atoms with Crippen molar-refractivity contribution in [3.05, 3.63) is 35.9 Å². The van der Waals surface area contributed by atoms with Crippen molar-refractivity contribution in [2.75, 3.05) is 13.2 Å². The lowest BCUT2D eigenvalue weighted by Crippen LogP contribution is -2.05. The molecule has 0 saturated carbocycles. The van der Waals surface area contributed by atoms with Gasteiger partial charge in [0.15, 0.2) is 0 Å². The van der Waals surface area contributed by atoms with Crippen molar-refractivity contribution in [2.24, 2.45) is 0 Å². The van der Waals surface area contributed by atoms with E-state index in [9.17, 15) is 9.46 Å². The molecule has 1 rings (SSSR count). The average Bonchev–Trinajstić information content (AvgIpc) is 2.74. The number of hydrogen-bond acceptors (Lipinski definition) is 5. The molecule has 0 aromatic heterocycles. The molecular weight excluding hydrogens is 401 g/mol. The van der Waals surface area contributed by atoms with E-state index in [-0.39, 0.29) is 0 Å². The lowest BCUT2D eigenvalue weighted by Gasteiger charge is -2.12. The molecule has 0 unspecified atom stereocenters. The molecular formula is C23H44NO5P. The largest absolute Gasteiger partial charge is 0.472 e. The minimum atomic E-state index is -3.82. The minimum Gasteiger partial charge on any atom is -0.316 e. The third kappa shape index (κ3) is 20.5. The molecule has 0 aliphatic carbocycles. The van der Waals surface area contributed by atoms with Crippen molar-refractivity contribution < 1.29 is 23.7 Å². The number of hydrogen-bond donors (Lipinski definition) is 3. The molecule has 0 bridgehead atoms. The first kappa shape index (κ1) is 29.2. The molecule has 0 radical (unpaired) electrons. The quantitative estimate of drug-likeness (QED) is 0.128. The lowest BCUT2D eigenvalue weighted by atomic mass is 10.1. The maximum absolute atomic E-state index is 11.6. The molecule has 176 valence electrons. The molecule has 0 saturated heterocycles. The molecule has 1 aromatic carbocycles. The standard InChI is InChI=1S/C16H35O4P.C7H9NO/c1-3-5-7-9-11-13-15-19-21(17,18)20-16-14-12-10-8-6-4-2;9-8-6-7-4-2-1-3-5-7/h3-16H2,1-2H3,(H,17,18);1-5,8-9H,6H2. The molecule has 7 heteroatoms. The normalized spacial score (nSPS) is 11.2. The van der Waals surface area contributed by atoms with Crippen molar-refractivity contribution in [1.82, 2.24) is 5.48 Å². The summed E-state index contributed by atoms with van der Waals surface area (Å²) in [6, 6.07) is 9.71. The SMILES string of the molecule is CCCCCCCCOP(=O)(O)OCCCCCCCC.ONCc1ccccc1. The molecule has 0 heterocycles. The highest BCUT2D eigenvalue weighted by atomic mass is 31.2. The Hall–Kier alpha value is -0.750. The van der Waals surface area contributed by atoms with Crippen LogP contribution in [0.15, 0.2) is 30.3 Å². The highest BCUT2D eigenvalue weighted by Crippen LogP contribution is 2.43. The predicted octanol–water partition coefficient (Wildman–Crippen LogP) is 7.01. The maximum Gasteiger partial charge on any atom is 0.472 e. The van der Waals surface area contributed by atoms with Crippen molar-refractivity contribution in [2.45, 2.75) is 97.4 Å². The van der Waals surface area contributed by atoms with Gasteiger partial charge in [-0.05, 0) is 18.4 Å². The van der Waals surface area contributed by atoms with E-state index in [0.717, 1.165) is 31.2 Å². The Morgan fingerprint density at radius 1 is 0.767 bits per heavy atom. The van der Waals surface area contributed by atoms with Crippen LogP contribution in [-0.2, 0) is 20.2 Å². The lowest BCUT2D eigenvalue weighted by molar-refractivity contribution is 0.145. The zero-order chi connectivity index (χ0) is 22.3. The van der Waals surface area contributed by atoms with E-state index in [1.165, 1.54) is 51.4 Å². The van der Waals surface area contributed by atoms with Crippen molar-refractivity contribution in [3.8, 4) is 0 Å². The second kappa shape index (κ2) is 21.5. The zero-order valence-electron chi connectivity index (χ0n) is 19.1. The third-order valence-corrected chi connectivity index (χ3v) is 5.65. The summed E-state index contributed by atoms with van der Waals surface area (Å²) in [6.07, 6.45) is 13.6. The summed E-state index contributed by atoms with van der Waals surface area (Å²) in [7, 11) is -3.82. The van der Waals surface area contributed by atoms with Gasteiger partial charge >= 0.3 is 7.82 Å². The molecule has 0 fully saturated rings. The minimum absolute atomic E-state index is 0.316. The van der Waals surface area contributed by atoms with Crippen molar-refractivity contribution >= 4 is 7.82 Å². The van der Waals surface area contributed by atoms with Gasteiger partial charge in [-0.1, -0.05) is 108 Å². The second-order valence-corrected chi connectivity index (χ2v) is 8.94. The van der Waals surface area contributed by atoms with Crippen LogP contribution < -0.4 is 5.48 Å². The van der Waals surface area contributed by atoms with Gasteiger partial charge in [-0.3, -0.25) is 9.05 Å². The van der Waals surface area contributed by atoms with Crippen LogP contribution in [0.3, 0.4) is 0 Å². The molecule has 1 aromatic rings. The van der Waals surface area contributed by atoms with Gasteiger partial charge in [-0.25, -0.2) is 10.0 Å². The van der Waals surface area contributed by atoms with Gasteiger partial charge < -0.3 is 10.1 Å². The Morgan fingerprint density at radius 3 is 1.63 bits per heavy atom. The van der Waals surface area contributed by atoms with E-state index >= 15 is 0 Å². The van der Waals surface area contributed by atoms with Crippen molar-refractivity contribution in [3.63, 3.8) is 0 Å². The summed E-state index contributed by atoms with van der Waals surface area (Å²) < 4.78 is 21.5. The summed E-state index contributed by atoms with van der Waals surface area (Å²) in [4.78, 5) is 9.51. The van der Waals surface area contributed by atoms with Crippen LogP contribution in [0, 0.1) is 0 Å². The predicted molar refractivity (Wildman–Crippen MR) is 124 cm³/mol. The molecule has 0 aliphatic heterocycles. The summed E-state index contributed by atoms with van der Waals surface area (Å²) in [5.74, 6) is 0. The van der Waals surface area contributed by atoms with Gasteiger partial charge in [-0.15, -0.1) is 0 Å². The summed E-state index contributed by atoms with van der Waals surface area (Å²) in [5.41, 5.74) is 3.17. The number of phosphoric ester groups is 1. The Labute approximate surface area is 184 Å². The molecule has 0 aliphatic rings. The highest BCUT2D eigenvalue weighted by Gasteiger charge is 2.19. The van der Waals surface area contributed by atoms with E-state index in [1.54, 1.807) is 0 Å². The summed E-state index contributed by atoms with van der Waals surface area (Å²) in [6.45, 7) is 5.52. The van der Waals surface area contributed by atoms with Crippen LogP contribution in [0.1, 0.15) is 96.5 Å². The first-order chi connectivity index (χ1) is 14.6. The number of unbranched alkanes of at least 4 members (excludes halogenated alkanes) is 10. The topological polar surface area (TPSA) is 88.0 Å². The van der Waals surface area contributed by atoms with Crippen LogP contribution in [0.4, 0.5) is 0 Å². The second-order valence-electron chi connectivity index (χ2n) is 7.49. The Balaban J connectivity index is 0.000000769. The van der Waals surface area contributed by atoms with E-state index in [1.807, 2.05) is 30.3 Å². The van der Waals surface area contributed by atoms with Crippen LogP contribution in [0.25, 0.3) is 0 Å². The number of nitrogens with one attached hydrogen (secondary N) is 1. The zero-order valence-corrected chi connectivity index (χ0v) is 20.0. The van der Waals surface area contributed by atoms with Crippen molar-refractivity contribution in [1.29, 1.82) is 0 Å². The highest BCUT2D eigenvalue weighted by molar-refractivity contribution is 7.47. The van der Waals surface area contributed by atoms with E-state index in [0.29, 0.717) is 19.8 Å². The molecule has 0 atom stereocenters. The monoisotopic (exact) mass is 445 g/mol. The molecule has 0 amide bonds. The van der Waals surface area contributed by atoms with Crippen LogP contribution in [-0.4, -0.2) is 23.3 Å². The van der Waals surface area contributed by atoms with Crippen LogP contribution in [0.2, 0.25) is 0 Å².